The third-order valence-corrected chi connectivity index (χ3v) is 6.29. The average molecular weight is 398 g/mol. The first-order valence-corrected chi connectivity index (χ1v) is 9.35. The molecule has 8 heteroatoms. The van der Waals surface area contributed by atoms with Crippen molar-refractivity contribution in [1.82, 2.24) is 9.62 Å². The van der Waals surface area contributed by atoms with Crippen LogP contribution in [0.15, 0.2) is 27.6 Å². The van der Waals surface area contributed by atoms with Gasteiger partial charge in [0.15, 0.2) is 0 Å². The van der Waals surface area contributed by atoms with E-state index in [2.05, 4.69) is 21.2 Å². The number of aliphatic hydroxyl groups excluding tert-OH is 1. The second-order valence-electron chi connectivity index (χ2n) is 4.95. The minimum Gasteiger partial charge on any atom is -0.395 e. The summed E-state index contributed by atoms with van der Waals surface area (Å²) < 4.78 is 27.5. The Labute approximate surface area is 138 Å². The number of nitrogens with zero attached hydrogens (tertiary/aromatic N) is 1. The molecule has 1 aromatic carbocycles. The van der Waals surface area contributed by atoms with Gasteiger partial charge in [0.1, 0.15) is 4.90 Å². The van der Waals surface area contributed by atoms with Crippen LogP contribution in [-0.4, -0.2) is 50.1 Å². The molecule has 0 aromatic heterocycles. The van der Waals surface area contributed by atoms with E-state index in [1.165, 1.54) is 10.4 Å². The van der Waals surface area contributed by atoms with E-state index in [1.807, 2.05) is 0 Å². The van der Waals surface area contributed by atoms with Crippen LogP contribution in [0.25, 0.3) is 0 Å². The van der Waals surface area contributed by atoms with Crippen molar-refractivity contribution < 1.29 is 13.5 Å². The summed E-state index contributed by atoms with van der Waals surface area (Å²) in [6, 6.07) is 4.80. The third kappa shape index (κ3) is 4.18. The highest BCUT2D eigenvalue weighted by Gasteiger charge is 2.29. The number of benzene rings is 1. The molecule has 0 radical (unpaired) electrons. The van der Waals surface area contributed by atoms with Gasteiger partial charge in [-0.25, -0.2) is 8.42 Å². The van der Waals surface area contributed by atoms with Crippen molar-refractivity contribution in [2.75, 3.05) is 26.2 Å². The zero-order valence-corrected chi connectivity index (χ0v) is 14.6. The van der Waals surface area contributed by atoms with Gasteiger partial charge < -0.3 is 10.4 Å². The van der Waals surface area contributed by atoms with E-state index < -0.39 is 10.0 Å². The Morgan fingerprint density at radius 3 is 2.81 bits per heavy atom. The van der Waals surface area contributed by atoms with Gasteiger partial charge >= 0.3 is 0 Å². The maximum absolute atomic E-state index is 12.7. The van der Waals surface area contributed by atoms with Crippen molar-refractivity contribution in [1.29, 1.82) is 0 Å². The first-order valence-electron chi connectivity index (χ1n) is 6.74. The smallest absolute Gasteiger partial charge is 0.244 e. The Balaban J connectivity index is 2.27. The molecular weight excluding hydrogens is 380 g/mol. The van der Waals surface area contributed by atoms with E-state index >= 15 is 0 Å². The van der Waals surface area contributed by atoms with E-state index in [0.717, 1.165) is 23.9 Å². The molecule has 0 amide bonds. The quantitative estimate of drug-likeness (QED) is 0.768. The van der Waals surface area contributed by atoms with Crippen LogP contribution in [0, 0.1) is 0 Å². The Kier molecular flexibility index (Phi) is 6.05. The molecule has 1 unspecified atom stereocenters. The molecule has 1 fully saturated rings. The van der Waals surface area contributed by atoms with Gasteiger partial charge in [0.2, 0.25) is 10.0 Å². The van der Waals surface area contributed by atoms with Gasteiger partial charge in [0, 0.05) is 23.6 Å². The summed E-state index contributed by atoms with van der Waals surface area (Å²) in [5.41, 5.74) is 0. The second-order valence-corrected chi connectivity index (χ2v) is 8.18. The second kappa shape index (κ2) is 7.39. The van der Waals surface area contributed by atoms with E-state index in [1.54, 1.807) is 12.1 Å². The van der Waals surface area contributed by atoms with Gasteiger partial charge in [0.05, 0.1) is 11.6 Å². The Morgan fingerprint density at radius 1 is 1.48 bits per heavy atom. The zero-order chi connectivity index (χ0) is 15.5. The van der Waals surface area contributed by atoms with Gasteiger partial charge in [-0.2, -0.15) is 4.31 Å². The van der Waals surface area contributed by atoms with Gasteiger partial charge in [-0.05, 0) is 37.6 Å². The van der Waals surface area contributed by atoms with Crippen LogP contribution in [0.3, 0.4) is 0 Å². The van der Waals surface area contributed by atoms with Crippen LogP contribution >= 0.6 is 27.5 Å². The van der Waals surface area contributed by atoms with E-state index in [9.17, 15) is 8.42 Å². The van der Waals surface area contributed by atoms with Crippen molar-refractivity contribution in [2.24, 2.45) is 0 Å². The molecule has 0 aliphatic carbocycles. The number of aliphatic hydroxyl groups is 1. The maximum Gasteiger partial charge on any atom is 0.244 e. The van der Waals surface area contributed by atoms with Crippen LogP contribution < -0.4 is 5.32 Å². The predicted octanol–water partition coefficient (Wildman–Crippen LogP) is 1.84. The van der Waals surface area contributed by atoms with Crippen molar-refractivity contribution in [3.8, 4) is 0 Å². The Bertz CT molecular complexity index is 591. The topological polar surface area (TPSA) is 69.6 Å². The molecule has 1 heterocycles. The highest BCUT2D eigenvalue weighted by molar-refractivity contribution is 9.10. The maximum atomic E-state index is 12.7. The largest absolute Gasteiger partial charge is 0.395 e. The molecule has 21 heavy (non-hydrogen) atoms. The van der Waals surface area contributed by atoms with Crippen LogP contribution in [-0.2, 0) is 10.0 Å². The molecule has 118 valence electrons. The Morgan fingerprint density at radius 2 is 2.24 bits per heavy atom. The lowest BCUT2D eigenvalue weighted by Gasteiger charge is -2.25. The summed E-state index contributed by atoms with van der Waals surface area (Å²) in [4.78, 5) is 0.0683. The number of sulfonamides is 1. The highest BCUT2D eigenvalue weighted by atomic mass is 79.9. The predicted molar refractivity (Wildman–Crippen MR) is 86.0 cm³/mol. The van der Waals surface area contributed by atoms with Crippen molar-refractivity contribution in [2.45, 2.75) is 23.8 Å². The third-order valence-electron chi connectivity index (χ3n) is 3.45. The summed E-state index contributed by atoms with van der Waals surface area (Å²) in [5, 5.41) is 12.6. The van der Waals surface area contributed by atoms with Crippen LogP contribution in [0.1, 0.15) is 12.8 Å². The summed E-state index contributed by atoms with van der Waals surface area (Å²) in [7, 11) is -3.72. The van der Waals surface area contributed by atoms with Gasteiger partial charge in [-0.3, -0.25) is 0 Å². The SMILES string of the molecule is O=S(=O)(c1ccc(Br)cc1Cl)N(CCO)CC1CCCN1. The normalized spacial score (nSPS) is 19.3. The number of rotatable bonds is 6. The lowest BCUT2D eigenvalue weighted by molar-refractivity contribution is 0.246. The van der Waals surface area contributed by atoms with Crippen molar-refractivity contribution in [3.05, 3.63) is 27.7 Å². The lowest BCUT2D eigenvalue weighted by atomic mass is 10.2. The summed E-state index contributed by atoms with van der Waals surface area (Å²) in [6.45, 7) is 1.08. The van der Waals surface area contributed by atoms with Gasteiger partial charge in [0.25, 0.3) is 0 Å². The fraction of sp³-hybridized carbons (Fsp3) is 0.538. The van der Waals surface area contributed by atoms with Crippen LogP contribution in [0.5, 0.6) is 0 Å². The van der Waals surface area contributed by atoms with E-state index in [0.29, 0.717) is 6.54 Å². The standard InChI is InChI=1S/C13H18BrClN2O3S/c14-10-3-4-13(12(15)8-10)21(19,20)17(6-7-18)9-11-2-1-5-16-11/h3-4,8,11,16,18H,1-2,5-7,9H2. The minimum atomic E-state index is -3.72. The molecule has 1 saturated heterocycles. The molecule has 1 aliphatic rings. The van der Waals surface area contributed by atoms with Crippen molar-refractivity contribution in [3.63, 3.8) is 0 Å². The first-order chi connectivity index (χ1) is 9.95. The lowest BCUT2D eigenvalue weighted by Crippen LogP contribution is -2.42. The molecule has 0 spiro atoms. The molecular formula is C13H18BrClN2O3S. The fourth-order valence-electron chi connectivity index (χ4n) is 2.40. The molecule has 0 bridgehead atoms. The first kappa shape index (κ1) is 17.2. The molecule has 1 atom stereocenters. The number of hydrogen-bond acceptors (Lipinski definition) is 4. The Hall–Kier alpha value is -0.180. The summed E-state index contributed by atoms with van der Waals surface area (Å²) in [6.07, 6.45) is 1.97. The van der Waals surface area contributed by atoms with Gasteiger partial charge in [-0.15, -0.1) is 0 Å². The molecule has 2 N–H and O–H groups in total. The van der Waals surface area contributed by atoms with E-state index in [4.69, 9.17) is 16.7 Å². The van der Waals surface area contributed by atoms with Crippen LogP contribution in [0.2, 0.25) is 5.02 Å². The number of nitrogens with one attached hydrogen (secondary N) is 1. The van der Waals surface area contributed by atoms with Crippen LogP contribution in [0.4, 0.5) is 0 Å². The zero-order valence-electron chi connectivity index (χ0n) is 11.4. The molecule has 1 aromatic rings. The van der Waals surface area contributed by atoms with Crippen molar-refractivity contribution >= 4 is 37.6 Å². The fourth-order valence-corrected chi connectivity index (χ4v) is 4.89. The summed E-state index contributed by atoms with van der Waals surface area (Å²) in [5.74, 6) is 0. The number of hydrogen-bond donors (Lipinski definition) is 2. The van der Waals surface area contributed by atoms with Gasteiger partial charge in [-0.1, -0.05) is 27.5 Å². The molecule has 5 nitrogen and oxygen atoms in total. The number of halogens is 2. The molecule has 2 rings (SSSR count). The summed E-state index contributed by atoms with van der Waals surface area (Å²) >= 11 is 9.32. The highest BCUT2D eigenvalue weighted by Crippen LogP contribution is 2.28. The molecule has 1 aliphatic heterocycles. The van der Waals surface area contributed by atoms with E-state index in [-0.39, 0.29) is 29.1 Å². The molecule has 0 saturated carbocycles. The monoisotopic (exact) mass is 396 g/mol. The minimum absolute atomic E-state index is 0.0624. The average Bonchev–Trinajstić information content (AvgIpc) is 2.90.